The van der Waals surface area contributed by atoms with Crippen molar-refractivity contribution in [3.8, 4) is 0 Å². The summed E-state index contributed by atoms with van der Waals surface area (Å²) in [7, 11) is 0. The molecule has 0 fully saturated rings. The van der Waals surface area contributed by atoms with Gasteiger partial charge in [0.15, 0.2) is 0 Å². The molecule has 0 aliphatic carbocycles. The number of carbonyl (C=O) groups is 1. The summed E-state index contributed by atoms with van der Waals surface area (Å²) in [5.41, 5.74) is 9.93. The fourth-order valence-electron chi connectivity index (χ4n) is 1.45. The SMILES string of the molecule is Cc1cc(C)n(CC(=O)NCCCN=[N+]=[N-])n1. The fraction of sp³-hybridized carbons (Fsp3) is 0.600. The van der Waals surface area contributed by atoms with E-state index in [9.17, 15) is 4.79 Å². The Morgan fingerprint density at radius 2 is 2.41 bits per heavy atom. The summed E-state index contributed by atoms with van der Waals surface area (Å²) in [5.74, 6) is -0.0860. The third kappa shape index (κ3) is 4.56. The van der Waals surface area contributed by atoms with E-state index in [0.29, 0.717) is 19.5 Å². The van der Waals surface area contributed by atoms with E-state index in [1.807, 2.05) is 19.9 Å². The Bertz CT molecular complexity index is 432. The lowest BCUT2D eigenvalue weighted by molar-refractivity contribution is -0.121. The fourth-order valence-corrected chi connectivity index (χ4v) is 1.45. The Labute approximate surface area is 99.4 Å². The third-order valence-electron chi connectivity index (χ3n) is 2.22. The van der Waals surface area contributed by atoms with Crippen LogP contribution in [0, 0.1) is 13.8 Å². The number of carbonyl (C=O) groups excluding carboxylic acids is 1. The molecule has 0 saturated heterocycles. The molecule has 92 valence electrons. The van der Waals surface area contributed by atoms with Crippen LogP contribution in [0.5, 0.6) is 0 Å². The average molecular weight is 236 g/mol. The molecule has 7 nitrogen and oxygen atoms in total. The monoisotopic (exact) mass is 236 g/mol. The van der Waals surface area contributed by atoms with E-state index in [4.69, 9.17) is 5.53 Å². The van der Waals surface area contributed by atoms with Crippen molar-refractivity contribution in [1.82, 2.24) is 15.1 Å². The molecular formula is C10H16N6O. The highest BCUT2D eigenvalue weighted by molar-refractivity contribution is 5.75. The molecule has 0 aromatic carbocycles. The van der Waals surface area contributed by atoms with Gasteiger partial charge >= 0.3 is 0 Å². The summed E-state index contributed by atoms with van der Waals surface area (Å²) in [6.07, 6.45) is 0.646. The van der Waals surface area contributed by atoms with E-state index in [1.165, 1.54) is 0 Å². The maximum atomic E-state index is 11.5. The minimum atomic E-state index is -0.0860. The molecule has 0 atom stereocenters. The number of azide groups is 1. The second kappa shape index (κ2) is 6.55. The smallest absolute Gasteiger partial charge is 0.241 e. The first-order valence-corrected chi connectivity index (χ1v) is 5.42. The quantitative estimate of drug-likeness (QED) is 0.349. The number of amides is 1. The van der Waals surface area contributed by atoms with Crippen LogP contribution >= 0.6 is 0 Å². The molecule has 0 spiro atoms. The zero-order chi connectivity index (χ0) is 12.7. The summed E-state index contributed by atoms with van der Waals surface area (Å²) < 4.78 is 1.66. The molecule has 0 aliphatic rings. The van der Waals surface area contributed by atoms with Crippen molar-refractivity contribution in [1.29, 1.82) is 0 Å². The summed E-state index contributed by atoms with van der Waals surface area (Å²) in [4.78, 5) is 14.2. The van der Waals surface area contributed by atoms with Gasteiger partial charge in [-0.3, -0.25) is 9.48 Å². The van der Waals surface area contributed by atoms with E-state index in [1.54, 1.807) is 4.68 Å². The highest BCUT2D eigenvalue weighted by atomic mass is 16.2. The molecule has 0 unspecified atom stereocenters. The van der Waals surface area contributed by atoms with Crippen molar-refractivity contribution in [3.63, 3.8) is 0 Å². The van der Waals surface area contributed by atoms with Crippen molar-refractivity contribution < 1.29 is 4.79 Å². The van der Waals surface area contributed by atoms with Gasteiger partial charge in [-0.2, -0.15) is 5.10 Å². The van der Waals surface area contributed by atoms with Crippen LogP contribution in [0.25, 0.3) is 10.4 Å². The van der Waals surface area contributed by atoms with Crippen molar-refractivity contribution >= 4 is 5.91 Å². The molecular weight excluding hydrogens is 220 g/mol. The molecule has 1 heterocycles. The van der Waals surface area contributed by atoms with Gasteiger partial charge in [0.2, 0.25) is 5.91 Å². The first-order valence-electron chi connectivity index (χ1n) is 5.42. The molecule has 17 heavy (non-hydrogen) atoms. The molecule has 1 N–H and O–H groups in total. The maximum Gasteiger partial charge on any atom is 0.241 e. The molecule has 1 amide bonds. The molecule has 1 aromatic heterocycles. The van der Waals surface area contributed by atoms with E-state index in [-0.39, 0.29) is 12.5 Å². The largest absolute Gasteiger partial charge is 0.354 e. The lowest BCUT2D eigenvalue weighted by atomic mass is 10.4. The first-order chi connectivity index (χ1) is 8.13. The summed E-state index contributed by atoms with van der Waals surface area (Å²) in [5, 5.41) is 10.3. The minimum Gasteiger partial charge on any atom is -0.354 e. The van der Waals surface area contributed by atoms with Crippen LogP contribution in [0.3, 0.4) is 0 Å². The average Bonchev–Trinajstić information content (AvgIpc) is 2.57. The van der Waals surface area contributed by atoms with Gasteiger partial charge in [0, 0.05) is 23.7 Å². The summed E-state index contributed by atoms with van der Waals surface area (Å²) in [6.45, 7) is 4.94. The highest BCUT2D eigenvalue weighted by Gasteiger charge is 2.05. The van der Waals surface area contributed by atoms with Gasteiger partial charge in [-0.25, -0.2) is 0 Å². The van der Waals surface area contributed by atoms with Crippen LogP contribution < -0.4 is 5.32 Å². The lowest BCUT2D eigenvalue weighted by Gasteiger charge is -2.05. The topological polar surface area (TPSA) is 95.7 Å². The number of hydrogen-bond donors (Lipinski definition) is 1. The van der Waals surface area contributed by atoms with Crippen LogP contribution in [0.1, 0.15) is 17.8 Å². The van der Waals surface area contributed by atoms with Gasteiger partial charge in [-0.15, -0.1) is 0 Å². The van der Waals surface area contributed by atoms with Crippen molar-refractivity contribution in [2.45, 2.75) is 26.8 Å². The molecule has 7 heteroatoms. The second-order valence-corrected chi connectivity index (χ2v) is 3.74. The number of rotatable bonds is 6. The van der Waals surface area contributed by atoms with E-state index in [2.05, 4.69) is 20.4 Å². The first kappa shape index (κ1) is 13.1. The number of nitrogens with zero attached hydrogens (tertiary/aromatic N) is 5. The lowest BCUT2D eigenvalue weighted by Crippen LogP contribution is -2.29. The van der Waals surface area contributed by atoms with Crippen LogP contribution in [-0.4, -0.2) is 28.8 Å². The van der Waals surface area contributed by atoms with Crippen molar-refractivity contribution in [2.75, 3.05) is 13.1 Å². The number of aromatic nitrogens is 2. The van der Waals surface area contributed by atoms with E-state index in [0.717, 1.165) is 11.4 Å². The normalized spacial score (nSPS) is 9.76. The molecule has 1 aromatic rings. The Morgan fingerprint density at radius 3 is 3.00 bits per heavy atom. The number of aryl methyl sites for hydroxylation is 2. The Hall–Kier alpha value is -2.01. The molecule has 0 bridgehead atoms. The predicted molar refractivity (Wildman–Crippen MR) is 63.3 cm³/mol. The van der Waals surface area contributed by atoms with Crippen LogP contribution in [-0.2, 0) is 11.3 Å². The molecule has 0 aliphatic heterocycles. The van der Waals surface area contributed by atoms with Gasteiger partial charge in [-0.05, 0) is 31.9 Å². The maximum absolute atomic E-state index is 11.5. The summed E-state index contributed by atoms with van der Waals surface area (Å²) in [6, 6.07) is 1.93. The third-order valence-corrected chi connectivity index (χ3v) is 2.22. The molecule has 0 radical (unpaired) electrons. The number of hydrogen-bond acceptors (Lipinski definition) is 3. The zero-order valence-electron chi connectivity index (χ0n) is 10.1. The van der Waals surface area contributed by atoms with Gasteiger partial charge in [-0.1, -0.05) is 5.11 Å². The van der Waals surface area contributed by atoms with E-state index >= 15 is 0 Å². The second-order valence-electron chi connectivity index (χ2n) is 3.74. The Kier molecular flexibility index (Phi) is 5.03. The summed E-state index contributed by atoms with van der Waals surface area (Å²) >= 11 is 0. The van der Waals surface area contributed by atoms with Gasteiger partial charge in [0.05, 0.1) is 5.69 Å². The molecule has 0 saturated carbocycles. The van der Waals surface area contributed by atoms with E-state index < -0.39 is 0 Å². The van der Waals surface area contributed by atoms with Gasteiger partial charge < -0.3 is 5.32 Å². The van der Waals surface area contributed by atoms with Crippen LogP contribution in [0.2, 0.25) is 0 Å². The van der Waals surface area contributed by atoms with Gasteiger partial charge in [0.25, 0.3) is 0 Å². The highest BCUT2D eigenvalue weighted by Crippen LogP contribution is 2.00. The van der Waals surface area contributed by atoms with Crippen molar-refractivity contribution in [3.05, 3.63) is 27.9 Å². The Balaban J connectivity index is 2.30. The minimum absolute atomic E-state index is 0.0860. The van der Waals surface area contributed by atoms with Gasteiger partial charge in [0.1, 0.15) is 6.54 Å². The Morgan fingerprint density at radius 1 is 1.65 bits per heavy atom. The molecule has 1 rings (SSSR count). The standard InChI is InChI=1S/C10H16N6O/c1-8-6-9(2)16(14-8)7-10(17)12-4-3-5-13-15-11/h6H,3-5,7H2,1-2H3,(H,12,17). The number of nitrogens with one attached hydrogen (secondary N) is 1. The predicted octanol–water partition coefficient (Wildman–Crippen LogP) is 1.32. The van der Waals surface area contributed by atoms with Crippen LogP contribution in [0.4, 0.5) is 0 Å². The zero-order valence-corrected chi connectivity index (χ0v) is 10.1. The van der Waals surface area contributed by atoms with Crippen LogP contribution in [0.15, 0.2) is 11.2 Å². The van der Waals surface area contributed by atoms with Crippen molar-refractivity contribution in [2.24, 2.45) is 5.11 Å².